The summed E-state index contributed by atoms with van der Waals surface area (Å²) in [6.45, 7) is 0. The molecule has 0 saturated carbocycles. The molecule has 0 fully saturated rings. The Labute approximate surface area is 53.2 Å². The third-order valence-electron chi connectivity index (χ3n) is 0.316. The third kappa shape index (κ3) is 3.76. The Kier molecular flexibility index (Phi) is 3.76. The lowest BCUT2D eigenvalue weighted by Gasteiger charge is -1.89. The van der Waals surface area contributed by atoms with Crippen molar-refractivity contribution >= 4 is 22.4 Å². The van der Waals surface area contributed by atoms with E-state index in [1.54, 1.807) is 0 Å². The van der Waals surface area contributed by atoms with Gasteiger partial charge >= 0.3 is 10.6 Å². The highest BCUT2D eigenvalue weighted by atomic mass is 32.2. The summed E-state index contributed by atoms with van der Waals surface area (Å²) >= 11 is -0.123. The summed E-state index contributed by atoms with van der Waals surface area (Å²) in [7, 11) is 0. The van der Waals surface area contributed by atoms with E-state index in [1.807, 2.05) is 0 Å². The first-order chi connectivity index (χ1) is 4.20. The van der Waals surface area contributed by atoms with E-state index < -0.39 is 10.6 Å². The van der Waals surface area contributed by atoms with Gasteiger partial charge in [0, 0.05) is 0 Å². The van der Waals surface area contributed by atoms with Gasteiger partial charge in [0.2, 0.25) is 0 Å². The number of carbonyl (C=O) groups excluding carboxylic acids is 2. The Hall–Kier alpha value is -0.790. The zero-order valence-electron chi connectivity index (χ0n) is 3.94. The van der Waals surface area contributed by atoms with Gasteiger partial charge in [0.1, 0.15) is 0 Å². The molecule has 0 amide bonds. The van der Waals surface area contributed by atoms with Crippen molar-refractivity contribution in [2.24, 2.45) is 0 Å². The van der Waals surface area contributed by atoms with E-state index in [0.717, 1.165) is 0 Å². The number of rotatable bonds is 0. The molecule has 0 radical (unpaired) electrons. The molecule has 0 unspecified atom stereocenters. The van der Waals surface area contributed by atoms with Crippen LogP contribution in [0.3, 0.4) is 0 Å². The van der Waals surface area contributed by atoms with Crippen molar-refractivity contribution in [2.75, 3.05) is 0 Å². The largest absolute Gasteiger partial charge is 0.411 e. The van der Waals surface area contributed by atoms with E-state index in [2.05, 4.69) is 9.78 Å². The molecular weight excluding hydrogens is 152 g/mol. The Balaban J connectivity index is 3.47. The zero-order valence-corrected chi connectivity index (χ0v) is 4.75. The molecule has 2 N–H and O–H groups in total. The molecule has 0 saturated heterocycles. The molecule has 0 aliphatic heterocycles. The van der Waals surface area contributed by atoms with Crippen molar-refractivity contribution in [3.63, 3.8) is 0 Å². The van der Waals surface area contributed by atoms with Crippen LogP contribution in [0.2, 0.25) is 0 Å². The maximum atomic E-state index is 9.86. The Morgan fingerprint density at radius 1 is 1.11 bits per heavy atom. The van der Waals surface area contributed by atoms with Gasteiger partial charge in [0.15, 0.2) is 0 Å². The van der Waals surface area contributed by atoms with Crippen molar-refractivity contribution in [2.45, 2.75) is 0 Å². The van der Waals surface area contributed by atoms with Gasteiger partial charge in [-0.2, -0.15) is 10.5 Å². The van der Waals surface area contributed by atoms with E-state index in [9.17, 15) is 9.59 Å². The fraction of sp³-hybridized carbons (Fsp3) is 0. The second-order valence-electron chi connectivity index (χ2n) is 0.785. The highest BCUT2D eigenvalue weighted by Crippen LogP contribution is 2.06. The van der Waals surface area contributed by atoms with Gasteiger partial charge in [-0.1, -0.05) is 0 Å². The number of hydrogen-bond donors (Lipinski definition) is 2. The van der Waals surface area contributed by atoms with Gasteiger partial charge in [0.05, 0.1) is 11.8 Å². The van der Waals surface area contributed by atoms with Crippen LogP contribution < -0.4 is 0 Å². The number of hydrogen-bond acceptors (Lipinski definition) is 7. The quantitative estimate of drug-likeness (QED) is 0.396. The summed E-state index contributed by atoms with van der Waals surface area (Å²) in [5.74, 6) is 0. The molecule has 52 valence electrons. The van der Waals surface area contributed by atoms with Crippen LogP contribution in [0.4, 0.5) is 9.59 Å². The maximum absolute atomic E-state index is 9.86. The van der Waals surface area contributed by atoms with E-state index >= 15 is 0 Å². The predicted octanol–water partition coefficient (Wildman–Crippen LogP) is 0.939. The average Bonchev–Trinajstić information content (AvgIpc) is 1.87. The van der Waals surface area contributed by atoms with Gasteiger partial charge in [-0.25, -0.2) is 9.59 Å². The number of thioether (sulfide) groups is 1. The fourth-order valence-corrected chi connectivity index (χ4v) is 0.316. The fourth-order valence-electron chi connectivity index (χ4n) is 0.105. The molecule has 9 heavy (non-hydrogen) atoms. The molecule has 0 aromatic carbocycles. The zero-order chi connectivity index (χ0) is 7.28. The lowest BCUT2D eigenvalue weighted by atomic mass is 11.6. The van der Waals surface area contributed by atoms with Gasteiger partial charge in [-0.15, -0.1) is 0 Å². The minimum absolute atomic E-state index is 0.123. The molecule has 0 aliphatic carbocycles. The summed E-state index contributed by atoms with van der Waals surface area (Å²) < 4.78 is 0. The van der Waals surface area contributed by atoms with E-state index in [4.69, 9.17) is 10.5 Å². The van der Waals surface area contributed by atoms with E-state index in [1.165, 1.54) is 0 Å². The Morgan fingerprint density at radius 2 is 1.44 bits per heavy atom. The number of carbonyl (C=O) groups is 2. The normalized spacial score (nSPS) is 8.22. The molecule has 0 bridgehead atoms. The molecule has 0 aromatic rings. The van der Waals surface area contributed by atoms with Gasteiger partial charge in [0.25, 0.3) is 0 Å². The van der Waals surface area contributed by atoms with Crippen molar-refractivity contribution in [1.29, 1.82) is 0 Å². The lowest BCUT2D eigenvalue weighted by Crippen LogP contribution is -1.99. The molecule has 0 rings (SSSR count). The summed E-state index contributed by atoms with van der Waals surface area (Å²) in [6.07, 6.45) is 0. The minimum atomic E-state index is -1.27. The second-order valence-corrected chi connectivity index (χ2v) is 1.66. The van der Waals surface area contributed by atoms with Crippen LogP contribution in [0, 0.1) is 0 Å². The van der Waals surface area contributed by atoms with Gasteiger partial charge in [-0.05, 0) is 0 Å². The average molecular weight is 154 g/mol. The third-order valence-corrected chi connectivity index (χ3v) is 0.798. The minimum Gasteiger partial charge on any atom is -0.288 e. The molecule has 6 nitrogen and oxygen atoms in total. The molecule has 7 heteroatoms. The second kappa shape index (κ2) is 4.13. The lowest BCUT2D eigenvalue weighted by molar-refractivity contribution is -0.170. The summed E-state index contributed by atoms with van der Waals surface area (Å²) in [5, 5.41) is 12.5. The van der Waals surface area contributed by atoms with Crippen LogP contribution in [-0.4, -0.2) is 21.1 Å². The standard InChI is InChI=1S/C2H2O6S/c3-1(7-5)9-2(4)8-6/h5-6H. The summed E-state index contributed by atoms with van der Waals surface area (Å²) in [6, 6.07) is 0. The molecule has 0 spiro atoms. The first-order valence-electron chi connectivity index (χ1n) is 1.59. The monoisotopic (exact) mass is 154 g/mol. The van der Waals surface area contributed by atoms with Crippen LogP contribution in [0.25, 0.3) is 0 Å². The molecule has 0 atom stereocenters. The van der Waals surface area contributed by atoms with Crippen LogP contribution in [-0.2, 0) is 9.78 Å². The van der Waals surface area contributed by atoms with Gasteiger partial charge in [-0.3, -0.25) is 9.78 Å². The van der Waals surface area contributed by atoms with Gasteiger partial charge < -0.3 is 0 Å². The van der Waals surface area contributed by atoms with E-state index in [-0.39, 0.29) is 11.8 Å². The maximum Gasteiger partial charge on any atom is 0.411 e. The SMILES string of the molecule is O=C(OO)SC(=O)OO. The molecule has 0 aliphatic rings. The van der Waals surface area contributed by atoms with Crippen LogP contribution in [0.5, 0.6) is 0 Å². The Bertz CT molecular complexity index is 106. The van der Waals surface area contributed by atoms with Crippen LogP contribution in [0.1, 0.15) is 0 Å². The van der Waals surface area contributed by atoms with Crippen LogP contribution >= 0.6 is 11.8 Å². The van der Waals surface area contributed by atoms with E-state index in [0.29, 0.717) is 0 Å². The summed E-state index contributed by atoms with van der Waals surface area (Å²) in [4.78, 5) is 25.8. The smallest absolute Gasteiger partial charge is 0.288 e. The van der Waals surface area contributed by atoms with Crippen molar-refractivity contribution < 1.29 is 29.9 Å². The Morgan fingerprint density at radius 3 is 1.67 bits per heavy atom. The first-order valence-corrected chi connectivity index (χ1v) is 2.41. The molecule has 0 heterocycles. The van der Waals surface area contributed by atoms with Crippen LogP contribution in [0.15, 0.2) is 0 Å². The topological polar surface area (TPSA) is 93.1 Å². The molecule has 0 aromatic heterocycles. The van der Waals surface area contributed by atoms with Crippen molar-refractivity contribution in [1.82, 2.24) is 0 Å². The summed E-state index contributed by atoms with van der Waals surface area (Å²) in [5.41, 5.74) is 0. The first kappa shape index (κ1) is 8.21. The van der Waals surface area contributed by atoms with Crippen molar-refractivity contribution in [3.05, 3.63) is 0 Å². The predicted molar refractivity (Wildman–Crippen MR) is 25.8 cm³/mol. The highest BCUT2D eigenvalue weighted by molar-refractivity contribution is 8.25. The molecular formula is C2H2O6S. The highest BCUT2D eigenvalue weighted by Gasteiger charge is 2.12. The van der Waals surface area contributed by atoms with Crippen molar-refractivity contribution in [3.8, 4) is 0 Å².